The summed E-state index contributed by atoms with van der Waals surface area (Å²) in [6, 6.07) is 7.66. The van der Waals surface area contributed by atoms with Crippen molar-refractivity contribution in [2.75, 3.05) is 19.8 Å². The maximum atomic E-state index is 11.6. The van der Waals surface area contributed by atoms with E-state index in [1.165, 1.54) is 16.7 Å². The van der Waals surface area contributed by atoms with E-state index < -0.39 is 6.04 Å². The molecular weight excluding hydrogens is 362 g/mol. The zero-order valence-electron chi connectivity index (χ0n) is 13.9. The van der Waals surface area contributed by atoms with Crippen LogP contribution in [0.1, 0.15) is 17.5 Å². The predicted octanol–water partition coefficient (Wildman–Crippen LogP) is 2.40. The number of thioether (sulfide) groups is 1. The molecule has 0 radical (unpaired) electrons. The molecule has 3 rings (SSSR count). The third kappa shape index (κ3) is 4.53. The molecule has 3 N–H and O–H groups in total. The van der Waals surface area contributed by atoms with E-state index in [0.717, 1.165) is 16.5 Å². The highest BCUT2D eigenvalue weighted by Gasteiger charge is 2.18. The van der Waals surface area contributed by atoms with Crippen LogP contribution in [0.15, 0.2) is 40.1 Å². The van der Waals surface area contributed by atoms with Crippen molar-refractivity contribution in [3.05, 3.63) is 41.9 Å². The lowest BCUT2D eigenvalue weighted by molar-refractivity contribution is -0.125. The minimum absolute atomic E-state index is 0. The lowest BCUT2D eigenvalue weighted by Crippen LogP contribution is -2.23. The fraction of sp³-hybridized carbons (Fsp3) is 0.312. The number of carbonyl (C=O) groups excluding carboxylic acids is 1. The van der Waals surface area contributed by atoms with E-state index in [2.05, 4.69) is 21.2 Å². The molecule has 1 aromatic carbocycles. The van der Waals surface area contributed by atoms with Crippen molar-refractivity contribution in [2.45, 2.75) is 17.7 Å². The molecule has 0 aliphatic carbocycles. The van der Waals surface area contributed by atoms with Crippen LogP contribution in [0.25, 0.3) is 10.9 Å². The third-order valence-corrected chi connectivity index (χ3v) is 4.48. The number of benzene rings is 1. The quantitative estimate of drug-likeness (QED) is 0.636. The minimum Gasteiger partial charge on any atom is -0.414 e. The molecule has 0 aliphatic rings. The Morgan fingerprint density at radius 3 is 2.88 bits per heavy atom. The SMILES string of the molecule is CN(C)C(=O)CSc1nnc([C@@H](N)Cc2c[nH]c3ccccc23)o1.Cl. The fourth-order valence-electron chi connectivity index (χ4n) is 2.31. The first kappa shape index (κ1) is 19.3. The van der Waals surface area contributed by atoms with Gasteiger partial charge in [0.15, 0.2) is 0 Å². The molecule has 0 saturated carbocycles. The molecule has 2 aromatic heterocycles. The van der Waals surface area contributed by atoms with E-state index in [1.54, 1.807) is 14.1 Å². The number of nitrogens with zero attached hydrogens (tertiary/aromatic N) is 3. The van der Waals surface area contributed by atoms with Crippen LogP contribution < -0.4 is 5.73 Å². The predicted molar refractivity (Wildman–Crippen MR) is 99.9 cm³/mol. The van der Waals surface area contributed by atoms with Crippen molar-refractivity contribution >= 4 is 41.0 Å². The lowest BCUT2D eigenvalue weighted by Gasteiger charge is -2.08. The average molecular weight is 382 g/mol. The van der Waals surface area contributed by atoms with E-state index >= 15 is 0 Å². The topological polar surface area (TPSA) is 101 Å². The van der Waals surface area contributed by atoms with E-state index in [0.29, 0.717) is 17.5 Å². The Morgan fingerprint density at radius 2 is 2.12 bits per heavy atom. The lowest BCUT2D eigenvalue weighted by atomic mass is 10.1. The molecular formula is C16H20ClN5O2S. The summed E-state index contributed by atoms with van der Waals surface area (Å²) < 4.78 is 5.57. The Labute approximate surface area is 155 Å². The van der Waals surface area contributed by atoms with Gasteiger partial charge in [0.25, 0.3) is 5.22 Å². The first-order valence-corrected chi connectivity index (χ1v) is 8.50. The first-order valence-electron chi connectivity index (χ1n) is 7.51. The number of nitrogens with one attached hydrogen (secondary N) is 1. The summed E-state index contributed by atoms with van der Waals surface area (Å²) in [5.74, 6) is 0.620. The van der Waals surface area contributed by atoms with Gasteiger partial charge in [-0.3, -0.25) is 4.79 Å². The number of aromatic nitrogens is 3. The summed E-state index contributed by atoms with van der Waals surface area (Å²) in [6.07, 6.45) is 2.54. The molecule has 1 atom stereocenters. The molecule has 0 saturated heterocycles. The summed E-state index contributed by atoms with van der Waals surface area (Å²) in [5, 5.41) is 9.44. The first-order chi connectivity index (χ1) is 11.5. The molecule has 25 heavy (non-hydrogen) atoms. The zero-order valence-corrected chi connectivity index (χ0v) is 15.6. The zero-order chi connectivity index (χ0) is 17.1. The maximum absolute atomic E-state index is 11.6. The van der Waals surface area contributed by atoms with Crippen molar-refractivity contribution in [3.63, 3.8) is 0 Å². The second-order valence-electron chi connectivity index (χ2n) is 5.65. The summed E-state index contributed by atoms with van der Waals surface area (Å²) in [4.78, 5) is 16.3. The van der Waals surface area contributed by atoms with Crippen molar-refractivity contribution in [1.82, 2.24) is 20.1 Å². The molecule has 3 aromatic rings. The normalized spacial score (nSPS) is 12.0. The number of rotatable bonds is 6. The van der Waals surface area contributed by atoms with E-state index in [9.17, 15) is 4.79 Å². The largest absolute Gasteiger partial charge is 0.414 e. The van der Waals surface area contributed by atoms with Gasteiger partial charge in [-0.1, -0.05) is 30.0 Å². The van der Waals surface area contributed by atoms with Crippen molar-refractivity contribution in [3.8, 4) is 0 Å². The van der Waals surface area contributed by atoms with Crippen LogP contribution in [0.4, 0.5) is 0 Å². The molecule has 9 heteroatoms. The van der Waals surface area contributed by atoms with Gasteiger partial charge in [-0.25, -0.2) is 0 Å². The van der Waals surface area contributed by atoms with Crippen LogP contribution in [0.3, 0.4) is 0 Å². The standard InChI is InChI=1S/C16H19N5O2S.ClH/c1-21(2)14(22)9-24-16-20-19-15(23-16)12(17)7-10-8-18-13-6-4-3-5-11(10)13;/h3-6,8,12,18H,7,9,17H2,1-2H3;1H/t12-;/m0./s1. The molecule has 0 bridgehead atoms. The molecule has 0 fully saturated rings. The van der Waals surface area contributed by atoms with Gasteiger partial charge >= 0.3 is 0 Å². The van der Waals surface area contributed by atoms with Crippen LogP contribution in [0.5, 0.6) is 0 Å². The monoisotopic (exact) mass is 381 g/mol. The van der Waals surface area contributed by atoms with Crippen LogP contribution in [0, 0.1) is 0 Å². The number of para-hydroxylation sites is 1. The number of H-pyrrole nitrogens is 1. The van der Waals surface area contributed by atoms with Crippen LogP contribution in [-0.2, 0) is 11.2 Å². The van der Waals surface area contributed by atoms with Crippen LogP contribution in [-0.4, -0.2) is 45.8 Å². The van der Waals surface area contributed by atoms with Gasteiger partial charge in [-0.2, -0.15) is 0 Å². The van der Waals surface area contributed by atoms with Gasteiger partial charge in [0.1, 0.15) is 0 Å². The van der Waals surface area contributed by atoms with Gasteiger partial charge in [0.05, 0.1) is 11.8 Å². The molecule has 7 nitrogen and oxygen atoms in total. The summed E-state index contributed by atoms with van der Waals surface area (Å²) in [7, 11) is 3.42. The van der Waals surface area contributed by atoms with Gasteiger partial charge in [-0.05, 0) is 18.1 Å². The average Bonchev–Trinajstić information content (AvgIpc) is 3.20. The fourth-order valence-corrected chi connectivity index (χ4v) is 3.05. The highest BCUT2D eigenvalue weighted by Crippen LogP contribution is 2.24. The van der Waals surface area contributed by atoms with E-state index in [4.69, 9.17) is 10.2 Å². The Bertz CT molecular complexity index is 848. The molecule has 134 valence electrons. The Morgan fingerprint density at radius 1 is 1.36 bits per heavy atom. The second-order valence-corrected chi connectivity index (χ2v) is 6.58. The van der Waals surface area contributed by atoms with Crippen molar-refractivity contribution in [1.29, 1.82) is 0 Å². The molecule has 1 amide bonds. The highest BCUT2D eigenvalue weighted by atomic mass is 35.5. The van der Waals surface area contributed by atoms with Crippen LogP contribution in [0.2, 0.25) is 0 Å². The number of amides is 1. The van der Waals surface area contributed by atoms with Crippen molar-refractivity contribution in [2.24, 2.45) is 5.73 Å². The van der Waals surface area contributed by atoms with Crippen molar-refractivity contribution < 1.29 is 9.21 Å². The van der Waals surface area contributed by atoms with Gasteiger partial charge in [0.2, 0.25) is 11.8 Å². The summed E-state index contributed by atoms with van der Waals surface area (Å²) >= 11 is 1.21. The Hall–Kier alpha value is -2.03. The highest BCUT2D eigenvalue weighted by molar-refractivity contribution is 7.99. The summed E-state index contributed by atoms with van der Waals surface area (Å²) in [5.41, 5.74) is 8.38. The number of aromatic amines is 1. The number of hydrogen-bond donors (Lipinski definition) is 2. The molecule has 2 heterocycles. The number of fused-ring (bicyclic) bond motifs is 1. The maximum Gasteiger partial charge on any atom is 0.277 e. The number of carbonyl (C=O) groups is 1. The Kier molecular flexibility index (Phi) is 6.46. The Balaban J connectivity index is 0.00000225. The molecule has 0 aliphatic heterocycles. The molecule has 0 unspecified atom stereocenters. The van der Waals surface area contributed by atoms with Gasteiger partial charge < -0.3 is 20.0 Å². The van der Waals surface area contributed by atoms with Gasteiger partial charge in [0, 0.05) is 31.2 Å². The number of hydrogen-bond acceptors (Lipinski definition) is 6. The number of nitrogens with two attached hydrogens (primary N) is 1. The molecule has 0 spiro atoms. The number of halogens is 1. The third-order valence-electron chi connectivity index (χ3n) is 3.67. The van der Waals surface area contributed by atoms with E-state index in [1.807, 2.05) is 24.4 Å². The smallest absolute Gasteiger partial charge is 0.277 e. The summed E-state index contributed by atoms with van der Waals surface area (Å²) in [6.45, 7) is 0. The van der Waals surface area contributed by atoms with Crippen LogP contribution >= 0.6 is 24.2 Å². The second kappa shape index (κ2) is 8.37. The van der Waals surface area contributed by atoms with Gasteiger partial charge in [-0.15, -0.1) is 22.6 Å². The minimum atomic E-state index is -0.393. The van der Waals surface area contributed by atoms with E-state index in [-0.39, 0.29) is 24.1 Å².